The number of rotatable bonds is 9. The minimum Gasteiger partial charge on any atom is -0.450 e. The van der Waals surface area contributed by atoms with E-state index >= 15 is 0 Å². The molecule has 3 aromatic rings. The molecule has 0 aliphatic carbocycles. The van der Waals surface area contributed by atoms with Gasteiger partial charge in [-0.05, 0) is 70.4 Å². The van der Waals surface area contributed by atoms with Crippen LogP contribution in [0.5, 0.6) is 11.5 Å². The lowest BCUT2D eigenvalue weighted by molar-refractivity contribution is -0.167. The minimum atomic E-state index is -4.64. The van der Waals surface area contributed by atoms with E-state index in [0.29, 0.717) is 39.7 Å². The first-order valence-electron chi connectivity index (χ1n) is 14.5. The Morgan fingerprint density at radius 3 is 2.48 bits per heavy atom. The molecule has 1 aliphatic rings. The zero-order valence-electron chi connectivity index (χ0n) is 25.8. The number of nitrogens with one attached hydrogen (secondary N) is 2. The molecule has 15 heteroatoms. The Bertz CT molecular complexity index is 1680. The number of benzene rings is 1. The van der Waals surface area contributed by atoms with Crippen LogP contribution in [0.1, 0.15) is 67.1 Å². The Balaban J connectivity index is 1.57. The topological polar surface area (TPSA) is 138 Å². The maximum Gasteiger partial charge on any atom is 0.406 e. The number of carbonyl (C=O) groups is 3. The number of aromatic nitrogens is 3. The number of halogens is 4. The maximum absolute atomic E-state index is 14.0. The van der Waals surface area contributed by atoms with E-state index in [1.165, 1.54) is 36.9 Å². The number of nitrogens with zero attached hydrogens (tertiary/aromatic N) is 4. The van der Waals surface area contributed by atoms with Crippen molar-refractivity contribution in [3.8, 4) is 11.5 Å². The van der Waals surface area contributed by atoms with Gasteiger partial charge in [-0.3, -0.25) is 19.2 Å². The Morgan fingerprint density at radius 1 is 1.13 bits per heavy atom. The zero-order valence-corrected chi connectivity index (χ0v) is 26.6. The number of alkyl halides is 3. The number of aryl methyl sites for hydroxylation is 2. The number of likely N-dealkylation sites (tertiary alicyclic amines) is 1. The number of aromatic amines is 1. The Morgan fingerprint density at radius 2 is 1.85 bits per heavy atom. The second-order valence-corrected chi connectivity index (χ2v) is 11.7. The first-order chi connectivity index (χ1) is 21.6. The lowest BCUT2D eigenvalue weighted by atomic mass is 10.0. The van der Waals surface area contributed by atoms with Gasteiger partial charge in [-0.15, -0.1) is 0 Å². The smallest absolute Gasteiger partial charge is 0.406 e. The van der Waals surface area contributed by atoms with E-state index in [1.54, 1.807) is 38.1 Å². The predicted molar refractivity (Wildman–Crippen MR) is 163 cm³/mol. The van der Waals surface area contributed by atoms with Gasteiger partial charge in [0.2, 0.25) is 11.8 Å². The van der Waals surface area contributed by atoms with Crippen molar-refractivity contribution < 1.29 is 32.3 Å². The molecule has 3 amide bonds. The summed E-state index contributed by atoms with van der Waals surface area (Å²) >= 11 is 6.22. The molecule has 246 valence electrons. The third-order valence-corrected chi connectivity index (χ3v) is 8.06. The summed E-state index contributed by atoms with van der Waals surface area (Å²) in [4.78, 5) is 58.1. The fourth-order valence-corrected chi connectivity index (χ4v) is 5.83. The molecule has 4 rings (SSSR count). The standard InChI is InChI=1S/C31H34ClF3N6O5/c1-16-13-27(29(44)39-38-16)46-26-12-9-23(36-17(26)2)28(43)37-18(3)30(45)41-24(19(4)40(20(5)42)15-31(33,34)35)10-11-25(41)21-7-6-8-22(32)14-21/h6-9,12-14,18-19,24-25H,10-11,15H2,1-5H3,(H,37,43)(H,39,44)/t18-,19+,24-,25+/m1/s1. The molecule has 0 radical (unpaired) electrons. The van der Waals surface area contributed by atoms with Crippen molar-refractivity contribution in [3.63, 3.8) is 0 Å². The zero-order chi connectivity index (χ0) is 33.9. The van der Waals surface area contributed by atoms with Gasteiger partial charge in [0.1, 0.15) is 24.0 Å². The highest BCUT2D eigenvalue weighted by atomic mass is 35.5. The molecule has 0 spiro atoms. The van der Waals surface area contributed by atoms with Gasteiger partial charge in [0.15, 0.2) is 5.75 Å². The van der Waals surface area contributed by atoms with E-state index in [1.807, 2.05) is 0 Å². The summed E-state index contributed by atoms with van der Waals surface area (Å²) in [6.45, 7) is 5.80. The molecule has 0 bridgehead atoms. The van der Waals surface area contributed by atoms with Gasteiger partial charge >= 0.3 is 11.7 Å². The van der Waals surface area contributed by atoms with Crippen molar-refractivity contribution in [3.05, 3.63) is 80.5 Å². The number of ether oxygens (including phenoxy) is 1. The SMILES string of the molecule is CC(=O)N(CC(F)(F)F)[C@@H](C)[C@H]1CC[C@@H](c2cccc(Cl)c2)N1C(=O)[C@@H](C)NC(=O)c1ccc(Oc2cc(C)n[nH]c2=O)c(C)n1. The average Bonchev–Trinajstić information content (AvgIpc) is 3.42. The lowest BCUT2D eigenvalue weighted by Gasteiger charge is -2.40. The van der Waals surface area contributed by atoms with Gasteiger partial charge < -0.3 is 19.9 Å². The fourth-order valence-electron chi connectivity index (χ4n) is 5.63. The monoisotopic (exact) mass is 662 g/mol. The molecule has 46 heavy (non-hydrogen) atoms. The molecular formula is C31H34ClF3N6O5. The Kier molecular flexibility index (Phi) is 10.4. The molecule has 2 N–H and O–H groups in total. The highest BCUT2D eigenvalue weighted by molar-refractivity contribution is 6.30. The molecule has 0 saturated carbocycles. The first kappa shape index (κ1) is 34.4. The molecule has 1 fully saturated rings. The Labute approximate surface area is 268 Å². The molecular weight excluding hydrogens is 629 g/mol. The summed E-state index contributed by atoms with van der Waals surface area (Å²) in [5, 5.41) is 9.16. The van der Waals surface area contributed by atoms with Crippen LogP contribution in [0.3, 0.4) is 0 Å². The number of amides is 3. The van der Waals surface area contributed by atoms with Crippen molar-refractivity contribution in [2.75, 3.05) is 6.54 Å². The van der Waals surface area contributed by atoms with Crippen LogP contribution in [0, 0.1) is 13.8 Å². The van der Waals surface area contributed by atoms with Crippen molar-refractivity contribution in [2.24, 2.45) is 0 Å². The molecule has 1 saturated heterocycles. The van der Waals surface area contributed by atoms with Crippen molar-refractivity contribution in [1.29, 1.82) is 0 Å². The second kappa shape index (κ2) is 13.9. The summed E-state index contributed by atoms with van der Waals surface area (Å²) in [6.07, 6.45) is -3.92. The summed E-state index contributed by atoms with van der Waals surface area (Å²) < 4.78 is 45.9. The molecule has 1 aromatic carbocycles. The van der Waals surface area contributed by atoms with Crippen molar-refractivity contribution in [1.82, 2.24) is 30.3 Å². The van der Waals surface area contributed by atoms with Crippen LogP contribution in [0.2, 0.25) is 5.02 Å². The highest BCUT2D eigenvalue weighted by Gasteiger charge is 2.45. The summed E-state index contributed by atoms with van der Waals surface area (Å²) in [5.41, 5.74) is 0.917. The van der Waals surface area contributed by atoms with Gasteiger partial charge in [-0.2, -0.15) is 18.3 Å². The van der Waals surface area contributed by atoms with Crippen LogP contribution in [-0.2, 0) is 9.59 Å². The lowest BCUT2D eigenvalue weighted by Crippen LogP contribution is -2.56. The maximum atomic E-state index is 14.0. The number of pyridine rings is 1. The number of carbonyl (C=O) groups excluding carboxylic acids is 3. The summed E-state index contributed by atoms with van der Waals surface area (Å²) in [5.74, 6) is -1.78. The predicted octanol–water partition coefficient (Wildman–Crippen LogP) is 4.88. The highest BCUT2D eigenvalue weighted by Crippen LogP contribution is 2.40. The van der Waals surface area contributed by atoms with Gasteiger partial charge in [-0.25, -0.2) is 10.1 Å². The van der Waals surface area contributed by atoms with E-state index in [0.717, 1.165) is 6.92 Å². The average molecular weight is 663 g/mol. The largest absolute Gasteiger partial charge is 0.450 e. The molecule has 0 unspecified atom stereocenters. The van der Waals surface area contributed by atoms with Crippen LogP contribution in [0.4, 0.5) is 13.2 Å². The normalized spacial score (nSPS) is 17.7. The van der Waals surface area contributed by atoms with Gasteiger partial charge in [0.05, 0.1) is 23.5 Å². The molecule has 3 heterocycles. The van der Waals surface area contributed by atoms with Crippen LogP contribution in [0.15, 0.2) is 47.3 Å². The van der Waals surface area contributed by atoms with Crippen LogP contribution in [-0.4, -0.2) is 73.5 Å². The first-order valence-corrected chi connectivity index (χ1v) is 14.9. The molecule has 4 atom stereocenters. The van der Waals surface area contributed by atoms with Crippen LogP contribution in [0.25, 0.3) is 0 Å². The van der Waals surface area contributed by atoms with Crippen LogP contribution < -0.4 is 15.6 Å². The Hall–Kier alpha value is -4.46. The number of hydrogen-bond acceptors (Lipinski definition) is 7. The van der Waals surface area contributed by atoms with Crippen molar-refractivity contribution in [2.45, 2.75) is 77.8 Å². The van der Waals surface area contributed by atoms with Crippen LogP contribution >= 0.6 is 11.6 Å². The van der Waals surface area contributed by atoms with E-state index < -0.39 is 60.2 Å². The van der Waals surface area contributed by atoms with Gasteiger partial charge in [0.25, 0.3) is 5.91 Å². The quantitative estimate of drug-likeness (QED) is 0.333. The summed E-state index contributed by atoms with van der Waals surface area (Å²) in [6, 6.07) is 7.66. The van der Waals surface area contributed by atoms with Crippen molar-refractivity contribution >= 4 is 29.3 Å². The minimum absolute atomic E-state index is 0.00366. The van der Waals surface area contributed by atoms with E-state index in [-0.39, 0.29) is 17.2 Å². The van der Waals surface area contributed by atoms with E-state index in [2.05, 4.69) is 20.5 Å². The van der Waals surface area contributed by atoms with Gasteiger partial charge in [0, 0.05) is 24.1 Å². The third kappa shape index (κ3) is 8.03. The fraction of sp³-hybridized carbons (Fsp3) is 0.419. The van der Waals surface area contributed by atoms with E-state index in [4.69, 9.17) is 16.3 Å². The summed E-state index contributed by atoms with van der Waals surface area (Å²) in [7, 11) is 0. The molecule has 2 aromatic heterocycles. The molecule has 11 nitrogen and oxygen atoms in total. The third-order valence-electron chi connectivity index (χ3n) is 7.82. The number of H-pyrrole nitrogens is 1. The number of hydrogen-bond donors (Lipinski definition) is 2. The van der Waals surface area contributed by atoms with E-state index in [9.17, 15) is 32.3 Å². The second-order valence-electron chi connectivity index (χ2n) is 11.2. The molecule has 1 aliphatic heterocycles. The van der Waals surface area contributed by atoms with Gasteiger partial charge in [-0.1, -0.05) is 23.7 Å².